The van der Waals surface area contributed by atoms with Crippen LogP contribution in [0.4, 0.5) is 11.4 Å². The maximum absolute atomic E-state index is 12.0. The molecule has 0 bridgehead atoms. The summed E-state index contributed by atoms with van der Waals surface area (Å²) in [5.74, 6) is -1.63. The molecule has 2 rings (SSSR count). The molecule has 0 saturated heterocycles. The predicted octanol–water partition coefficient (Wildman–Crippen LogP) is 2.05. The van der Waals surface area contributed by atoms with Crippen LogP contribution in [0.1, 0.15) is 28.4 Å². The number of nitrogens with one attached hydrogen (secondary N) is 2. The van der Waals surface area contributed by atoms with Gasteiger partial charge in [-0.1, -0.05) is 37.3 Å². The molecule has 7 heteroatoms. The molecule has 0 aromatic heterocycles. The zero-order chi connectivity index (χ0) is 19.8. The van der Waals surface area contributed by atoms with Crippen molar-refractivity contribution in [2.75, 3.05) is 24.2 Å². The van der Waals surface area contributed by atoms with Gasteiger partial charge in [-0.25, -0.2) is 4.79 Å². The molecule has 0 aliphatic carbocycles. The van der Waals surface area contributed by atoms with Crippen LogP contribution in [-0.2, 0) is 20.7 Å². The fraction of sp³-hybridized carbons (Fsp3) is 0.250. The summed E-state index contributed by atoms with van der Waals surface area (Å²) in [4.78, 5) is 35.8. The predicted molar refractivity (Wildman–Crippen MR) is 103 cm³/mol. The fourth-order valence-electron chi connectivity index (χ4n) is 2.44. The average Bonchev–Trinajstić information content (AvgIpc) is 2.67. The summed E-state index contributed by atoms with van der Waals surface area (Å²) in [6.07, 6.45) is 0.779. The molecule has 27 heavy (non-hydrogen) atoms. The lowest BCUT2D eigenvalue weighted by atomic mass is 10.1. The second kappa shape index (κ2) is 9.38. The minimum absolute atomic E-state index is 0.205. The van der Waals surface area contributed by atoms with E-state index in [1.807, 2.05) is 25.1 Å². The van der Waals surface area contributed by atoms with Crippen molar-refractivity contribution in [3.05, 3.63) is 59.2 Å². The minimum atomic E-state index is -0.687. The number of esters is 1. The number of carbonyl (C=O) groups excluding carboxylic acids is 3. The third-order valence-corrected chi connectivity index (χ3v) is 4.00. The number of ether oxygens (including phenoxy) is 1. The molecule has 0 radical (unpaired) electrons. The van der Waals surface area contributed by atoms with E-state index in [2.05, 4.69) is 10.6 Å². The van der Waals surface area contributed by atoms with Crippen molar-refractivity contribution in [3.63, 3.8) is 0 Å². The van der Waals surface area contributed by atoms with Gasteiger partial charge in [-0.3, -0.25) is 9.59 Å². The first-order chi connectivity index (χ1) is 12.9. The first-order valence-corrected chi connectivity index (χ1v) is 8.59. The van der Waals surface area contributed by atoms with Gasteiger partial charge >= 0.3 is 5.97 Å². The van der Waals surface area contributed by atoms with Crippen LogP contribution in [0.2, 0.25) is 0 Å². The smallest absolute Gasteiger partial charge is 0.340 e. The van der Waals surface area contributed by atoms with Crippen LogP contribution in [-0.4, -0.2) is 30.9 Å². The Morgan fingerprint density at radius 1 is 1.04 bits per heavy atom. The molecule has 0 atom stereocenters. The molecule has 0 spiro atoms. The standard InChI is InChI=1S/C20H23N3O4/c1-3-14-8-4-5-10-16(14)23-17(24)11-22-18(25)12-27-20(26)15-9-6-7-13(2)19(15)21/h4-10H,3,11-12,21H2,1-2H3,(H,22,25)(H,23,24). The van der Waals surface area contributed by atoms with Crippen LogP contribution in [0, 0.1) is 6.92 Å². The highest BCUT2D eigenvalue weighted by Gasteiger charge is 2.15. The van der Waals surface area contributed by atoms with Crippen molar-refractivity contribution >= 4 is 29.2 Å². The van der Waals surface area contributed by atoms with Gasteiger partial charge in [0.1, 0.15) is 0 Å². The molecule has 0 aliphatic rings. The van der Waals surface area contributed by atoms with Crippen molar-refractivity contribution in [2.45, 2.75) is 20.3 Å². The van der Waals surface area contributed by atoms with E-state index in [0.29, 0.717) is 11.4 Å². The summed E-state index contributed by atoms with van der Waals surface area (Å²) in [7, 11) is 0. The average molecular weight is 369 g/mol. The van der Waals surface area contributed by atoms with E-state index in [4.69, 9.17) is 10.5 Å². The lowest BCUT2D eigenvalue weighted by molar-refractivity contribution is -0.126. The Kier molecular flexibility index (Phi) is 6.93. The highest BCUT2D eigenvalue weighted by molar-refractivity contribution is 5.98. The Morgan fingerprint density at radius 2 is 1.78 bits per heavy atom. The zero-order valence-electron chi connectivity index (χ0n) is 15.4. The zero-order valence-corrected chi connectivity index (χ0v) is 15.4. The highest BCUT2D eigenvalue weighted by Crippen LogP contribution is 2.17. The van der Waals surface area contributed by atoms with E-state index in [1.54, 1.807) is 25.1 Å². The Bertz CT molecular complexity index is 849. The first kappa shape index (κ1) is 20.0. The topological polar surface area (TPSA) is 111 Å². The van der Waals surface area contributed by atoms with Gasteiger partial charge in [0.2, 0.25) is 5.91 Å². The molecule has 0 heterocycles. The number of benzene rings is 2. The van der Waals surface area contributed by atoms with Crippen LogP contribution < -0.4 is 16.4 Å². The molecule has 0 saturated carbocycles. The quantitative estimate of drug-likeness (QED) is 0.511. The normalized spacial score (nSPS) is 10.1. The van der Waals surface area contributed by atoms with Crippen LogP contribution in [0.15, 0.2) is 42.5 Å². The third kappa shape index (κ3) is 5.57. The van der Waals surface area contributed by atoms with Gasteiger partial charge in [0.25, 0.3) is 5.91 Å². The number of amides is 2. The number of para-hydroxylation sites is 2. The molecule has 2 aromatic rings. The SMILES string of the molecule is CCc1ccccc1NC(=O)CNC(=O)COC(=O)c1cccc(C)c1N. The van der Waals surface area contributed by atoms with E-state index in [-0.39, 0.29) is 18.0 Å². The lowest BCUT2D eigenvalue weighted by Crippen LogP contribution is -2.35. The lowest BCUT2D eigenvalue weighted by Gasteiger charge is -2.11. The largest absolute Gasteiger partial charge is 0.452 e. The Hall–Kier alpha value is -3.35. The molecule has 0 aliphatic heterocycles. The molecule has 0 unspecified atom stereocenters. The summed E-state index contributed by atoms with van der Waals surface area (Å²) in [6, 6.07) is 12.4. The van der Waals surface area contributed by atoms with Crippen LogP contribution in [0.3, 0.4) is 0 Å². The van der Waals surface area contributed by atoms with Crippen LogP contribution in [0.25, 0.3) is 0 Å². The maximum Gasteiger partial charge on any atom is 0.340 e. The van der Waals surface area contributed by atoms with Crippen LogP contribution >= 0.6 is 0 Å². The Labute approximate surface area is 157 Å². The summed E-state index contributed by atoms with van der Waals surface area (Å²) in [5.41, 5.74) is 8.81. The summed E-state index contributed by atoms with van der Waals surface area (Å²) in [6.45, 7) is 3.04. The molecular formula is C20H23N3O4. The fourth-order valence-corrected chi connectivity index (χ4v) is 2.44. The summed E-state index contributed by atoms with van der Waals surface area (Å²) < 4.78 is 4.95. The molecule has 0 fully saturated rings. The van der Waals surface area contributed by atoms with Gasteiger partial charge in [0, 0.05) is 11.4 Å². The third-order valence-electron chi connectivity index (χ3n) is 4.00. The number of rotatable bonds is 7. The number of hydrogen-bond donors (Lipinski definition) is 3. The van der Waals surface area contributed by atoms with E-state index in [1.165, 1.54) is 6.07 Å². The van der Waals surface area contributed by atoms with Crippen LogP contribution in [0.5, 0.6) is 0 Å². The van der Waals surface area contributed by atoms with Crippen molar-refractivity contribution in [1.82, 2.24) is 5.32 Å². The van der Waals surface area contributed by atoms with Gasteiger partial charge in [-0.15, -0.1) is 0 Å². The molecule has 142 valence electrons. The number of anilines is 2. The van der Waals surface area contributed by atoms with E-state index >= 15 is 0 Å². The van der Waals surface area contributed by atoms with Crippen molar-refractivity contribution in [3.8, 4) is 0 Å². The number of nitrogens with two attached hydrogens (primary N) is 1. The number of nitrogen functional groups attached to an aromatic ring is 1. The molecule has 2 aromatic carbocycles. The molecule has 2 amide bonds. The first-order valence-electron chi connectivity index (χ1n) is 8.59. The van der Waals surface area contributed by atoms with E-state index in [9.17, 15) is 14.4 Å². The van der Waals surface area contributed by atoms with Crippen molar-refractivity contribution < 1.29 is 19.1 Å². The number of hydrogen-bond acceptors (Lipinski definition) is 5. The minimum Gasteiger partial charge on any atom is -0.452 e. The second-order valence-electron chi connectivity index (χ2n) is 5.95. The monoisotopic (exact) mass is 369 g/mol. The van der Waals surface area contributed by atoms with E-state index in [0.717, 1.165) is 17.5 Å². The Balaban J connectivity index is 1.79. The van der Waals surface area contributed by atoms with Gasteiger partial charge < -0.3 is 21.1 Å². The Morgan fingerprint density at radius 3 is 2.52 bits per heavy atom. The molecule has 4 N–H and O–H groups in total. The van der Waals surface area contributed by atoms with Gasteiger partial charge in [-0.05, 0) is 36.6 Å². The molecular weight excluding hydrogens is 346 g/mol. The maximum atomic E-state index is 12.0. The summed E-state index contributed by atoms with van der Waals surface area (Å²) >= 11 is 0. The van der Waals surface area contributed by atoms with Gasteiger partial charge in [0.15, 0.2) is 6.61 Å². The van der Waals surface area contributed by atoms with Crippen molar-refractivity contribution in [2.24, 2.45) is 0 Å². The number of carbonyl (C=O) groups is 3. The van der Waals surface area contributed by atoms with Gasteiger partial charge in [0.05, 0.1) is 12.1 Å². The molecule has 7 nitrogen and oxygen atoms in total. The van der Waals surface area contributed by atoms with Crippen molar-refractivity contribution in [1.29, 1.82) is 0 Å². The van der Waals surface area contributed by atoms with Gasteiger partial charge in [-0.2, -0.15) is 0 Å². The highest BCUT2D eigenvalue weighted by atomic mass is 16.5. The summed E-state index contributed by atoms with van der Waals surface area (Å²) in [5, 5.41) is 5.16. The van der Waals surface area contributed by atoms with E-state index < -0.39 is 18.5 Å². The second-order valence-corrected chi connectivity index (χ2v) is 5.95. The number of aryl methyl sites for hydroxylation is 2.